The van der Waals surface area contributed by atoms with Gasteiger partial charge in [0.1, 0.15) is 0 Å². The molecule has 0 aliphatic carbocycles. The highest BCUT2D eigenvalue weighted by Crippen LogP contribution is 2.08. The van der Waals surface area contributed by atoms with Gasteiger partial charge in [0.2, 0.25) is 0 Å². The van der Waals surface area contributed by atoms with Crippen LogP contribution in [0.3, 0.4) is 0 Å². The Kier molecular flexibility index (Phi) is 12.0. The molecular weight excluding hydrogens is 175 g/mol. The lowest BCUT2D eigenvalue weighted by Gasteiger charge is -1.98. The topological polar surface area (TPSA) is 0 Å². The van der Waals surface area contributed by atoms with E-state index in [0.717, 1.165) is 6.42 Å². The van der Waals surface area contributed by atoms with Crippen molar-refractivity contribution in [3.05, 3.63) is 0 Å². The zero-order chi connectivity index (χ0) is 9.78. The molecule has 13 heavy (non-hydrogen) atoms. The van der Waals surface area contributed by atoms with E-state index in [-0.39, 0.29) is 0 Å². The van der Waals surface area contributed by atoms with E-state index in [1.165, 1.54) is 51.4 Å². The second-order valence-corrected chi connectivity index (χ2v) is 3.74. The van der Waals surface area contributed by atoms with E-state index in [0.29, 0.717) is 0 Å². The van der Waals surface area contributed by atoms with Crippen molar-refractivity contribution in [2.24, 2.45) is 0 Å². The SMILES string of the molecule is CCCCCCCCCCC#C[P]. The van der Waals surface area contributed by atoms with Gasteiger partial charge in [0.25, 0.3) is 0 Å². The van der Waals surface area contributed by atoms with Crippen LogP contribution >= 0.6 is 9.24 Å². The molecule has 0 heterocycles. The number of hydrogen-bond donors (Lipinski definition) is 0. The van der Waals surface area contributed by atoms with Gasteiger partial charge in [-0.3, -0.25) is 0 Å². The molecule has 0 fully saturated rings. The van der Waals surface area contributed by atoms with Crippen LogP contribution in [0.1, 0.15) is 64.7 Å². The first-order valence-corrected chi connectivity index (χ1v) is 5.98. The van der Waals surface area contributed by atoms with E-state index in [2.05, 4.69) is 27.7 Å². The van der Waals surface area contributed by atoms with Crippen molar-refractivity contribution in [1.82, 2.24) is 0 Å². The van der Waals surface area contributed by atoms with E-state index in [4.69, 9.17) is 0 Å². The Morgan fingerprint density at radius 1 is 0.846 bits per heavy atom. The predicted molar refractivity (Wildman–Crippen MR) is 61.9 cm³/mol. The maximum Gasteiger partial charge on any atom is 0.0586 e. The predicted octanol–water partition coefficient (Wildman–Crippen LogP) is 4.89. The van der Waals surface area contributed by atoms with Gasteiger partial charge in [-0.1, -0.05) is 63.5 Å². The van der Waals surface area contributed by atoms with E-state index in [1.807, 2.05) is 0 Å². The van der Waals surface area contributed by atoms with E-state index in [9.17, 15) is 0 Å². The standard InChI is InChI=1S/C12H21P/c1-2-3-4-5-6-7-8-9-10-11-12-13/h2-10H2,1H3. The van der Waals surface area contributed by atoms with Crippen LogP contribution in [-0.4, -0.2) is 0 Å². The van der Waals surface area contributed by atoms with Gasteiger partial charge in [-0.05, 0) is 6.42 Å². The Labute approximate surface area is 86.1 Å². The van der Waals surface area contributed by atoms with Crippen molar-refractivity contribution in [3.63, 3.8) is 0 Å². The molecule has 0 aromatic rings. The number of hydrogen-bond acceptors (Lipinski definition) is 0. The molecule has 0 saturated carbocycles. The summed E-state index contributed by atoms with van der Waals surface area (Å²) < 4.78 is 0. The van der Waals surface area contributed by atoms with Crippen molar-refractivity contribution in [3.8, 4) is 11.6 Å². The van der Waals surface area contributed by atoms with Crippen molar-refractivity contribution >= 4 is 9.24 Å². The van der Waals surface area contributed by atoms with Crippen LogP contribution in [-0.2, 0) is 0 Å². The molecule has 74 valence electrons. The number of rotatable bonds is 8. The highest BCUT2D eigenvalue weighted by molar-refractivity contribution is 7.23. The number of unbranched alkanes of at least 4 members (excludes halogenated alkanes) is 8. The lowest BCUT2D eigenvalue weighted by Crippen LogP contribution is -1.79. The average Bonchev–Trinajstić information content (AvgIpc) is 2.16. The van der Waals surface area contributed by atoms with Gasteiger partial charge in [0.05, 0.1) is 9.24 Å². The first kappa shape index (κ1) is 13.0. The Bertz CT molecular complexity index is 141. The minimum absolute atomic E-state index is 1.03. The normalized spacial score (nSPS) is 9.38. The average molecular weight is 196 g/mol. The molecule has 0 N–H and O–H groups in total. The van der Waals surface area contributed by atoms with Crippen LogP contribution < -0.4 is 0 Å². The second-order valence-electron chi connectivity index (χ2n) is 3.51. The quantitative estimate of drug-likeness (QED) is 0.294. The van der Waals surface area contributed by atoms with Crippen LogP contribution in [0, 0.1) is 11.6 Å². The monoisotopic (exact) mass is 196 g/mol. The van der Waals surface area contributed by atoms with Gasteiger partial charge < -0.3 is 0 Å². The van der Waals surface area contributed by atoms with Crippen molar-refractivity contribution in [2.75, 3.05) is 0 Å². The van der Waals surface area contributed by atoms with Crippen LogP contribution in [0.4, 0.5) is 0 Å². The van der Waals surface area contributed by atoms with Crippen LogP contribution in [0.15, 0.2) is 0 Å². The summed E-state index contributed by atoms with van der Waals surface area (Å²) in [6.45, 7) is 2.26. The molecule has 0 unspecified atom stereocenters. The summed E-state index contributed by atoms with van der Waals surface area (Å²) >= 11 is 0. The fourth-order valence-electron chi connectivity index (χ4n) is 1.40. The highest BCUT2D eigenvalue weighted by atomic mass is 31.0. The van der Waals surface area contributed by atoms with Crippen molar-refractivity contribution < 1.29 is 0 Å². The minimum Gasteiger partial charge on any atom is -0.0979 e. The second kappa shape index (κ2) is 12.0. The van der Waals surface area contributed by atoms with Crippen LogP contribution in [0.2, 0.25) is 0 Å². The molecule has 0 bridgehead atoms. The van der Waals surface area contributed by atoms with Gasteiger partial charge in [-0.25, -0.2) is 0 Å². The molecule has 0 nitrogen and oxygen atoms in total. The smallest absolute Gasteiger partial charge is 0.0586 e. The highest BCUT2D eigenvalue weighted by Gasteiger charge is 1.89. The molecule has 0 spiro atoms. The summed E-state index contributed by atoms with van der Waals surface area (Å²) in [5, 5.41) is 0. The Morgan fingerprint density at radius 2 is 1.38 bits per heavy atom. The van der Waals surface area contributed by atoms with E-state index >= 15 is 0 Å². The van der Waals surface area contributed by atoms with Gasteiger partial charge >= 0.3 is 0 Å². The molecule has 0 atom stereocenters. The maximum absolute atomic E-state index is 3.84. The van der Waals surface area contributed by atoms with Crippen molar-refractivity contribution in [2.45, 2.75) is 64.7 Å². The van der Waals surface area contributed by atoms with Crippen molar-refractivity contribution in [1.29, 1.82) is 0 Å². The first-order chi connectivity index (χ1) is 6.41. The Balaban J connectivity index is 2.86. The summed E-state index contributed by atoms with van der Waals surface area (Å²) in [7, 11) is 3.84. The molecular formula is C12H21P. The summed E-state index contributed by atoms with van der Waals surface area (Å²) in [6, 6.07) is 0. The Hall–Kier alpha value is -0.0100. The fraction of sp³-hybridized carbons (Fsp3) is 0.833. The summed E-state index contributed by atoms with van der Waals surface area (Å²) in [6.07, 6.45) is 12.0. The fourth-order valence-corrected chi connectivity index (χ4v) is 1.51. The molecule has 0 aromatic heterocycles. The third-order valence-electron chi connectivity index (χ3n) is 2.23. The maximum atomic E-state index is 3.84. The Morgan fingerprint density at radius 3 is 1.92 bits per heavy atom. The first-order valence-electron chi connectivity index (χ1n) is 5.53. The molecule has 0 saturated heterocycles. The summed E-state index contributed by atoms with van der Waals surface area (Å²) in [5.74, 6) is 2.97. The zero-order valence-electron chi connectivity index (χ0n) is 8.81. The van der Waals surface area contributed by atoms with Gasteiger partial charge in [0, 0.05) is 6.42 Å². The zero-order valence-corrected chi connectivity index (χ0v) is 9.71. The molecule has 0 amide bonds. The molecule has 1 heteroatoms. The third-order valence-corrected chi connectivity index (χ3v) is 2.39. The minimum atomic E-state index is 1.03. The lowest BCUT2D eigenvalue weighted by molar-refractivity contribution is 0.579. The van der Waals surface area contributed by atoms with E-state index < -0.39 is 0 Å². The van der Waals surface area contributed by atoms with Crippen LogP contribution in [0.5, 0.6) is 0 Å². The molecule has 0 rings (SSSR count). The summed E-state index contributed by atoms with van der Waals surface area (Å²) in [5.41, 5.74) is 2.63. The van der Waals surface area contributed by atoms with Crippen LogP contribution in [0.25, 0.3) is 0 Å². The molecule has 2 radical (unpaired) electrons. The lowest BCUT2D eigenvalue weighted by atomic mass is 10.1. The van der Waals surface area contributed by atoms with Gasteiger partial charge in [-0.15, -0.1) is 0 Å². The van der Waals surface area contributed by atoms with E-state index in [1.54, 1.807) is 0 Å². The third kappa shape index (κ3) is 12.0. The largest absolute Gasteiger partial charge is 0.0979 e. The summed E-state index contributed by atoms with van der Waals surface area (Å²) in [4.78, 5) is 0. The van der Waals surface area contributed by atoms with Gasteiger partial charge in [0.15, 0.2) is 0 Å². The van der Waals surface area contributed by atoms with Gasteiger partial charge in [-0.2, -0.15) is 0 Å². The molecule has 0 aromatic carbocycles. The molecule has 0 aliphatic rings. The molecule has 0 aliphatic heterocycles.